The van der Waals surface area contributed by atoms with Crippen LogP contribution in [0, 0.1) is 0 Å². The molecule has 2 aromatic rings. The topological polar surface area (TPSA) is 93.5 Å². The van der Waals surface area contributed by atoms with Gasteiger partial charge in [-0.3, -0.25) is 9.69 Å². The van der Waals surface area contributed by atoms with Crippen molar-refractivity contribution in [1.82, 2.24) is 20.0 Å². The summed E-state index contributed by atoms with van der Waals surface area (Å²) in [6.45, 7) is 2.13. The maximum atomic E-state index is 12.1. The molecule has 1 aromatic heterocycles. The van der Waals surface area contributed by atoms with E-state index in [4.69, 9.17) is 4.74 Å². The number of ether oxygens (including phenoxy) is 1. The van der Waals surface area contributed by atoms with Gasteiger partial charge in [0.15, 0.2) is 6.10 Å². The molecule has 8 nitrogen and oxygen atoms in total. The van der Waals surface area contributed by atoms with E-state index in [1.54, 1.807) is 47.4 Å². The smallest absolute Gasteiger partial charge is 0.338 e. The quantitative estimate of drug-likeness (QED) is 0.844. The molecule has 1 unspecified atom stereocenters. The first kappa shape index (κ1) is 15.7. The Hall–Kier alpha value is -3.16. The molecule has 0 saturated carbocycles. The van der Waals surface area contributed by atoms with E-state index in [0.29, 0.717) is 12.1 Å². The molecule has 2 heterocycles. The van der Waals surface area contributed by atoms with E-state index in [1.807, 2.05) is 0 Å². The molecular weight excluding hydrogens is 312 g/mol. The van der Waals surface area contributed by atoms with E-state index < -0.39 is 24.0 Å². The largest absolute Gasteiger partial charge is 0.449 e. The third-order valence-corrected chi connectivity index (χ3v) is 3.63. The molecule has 1 saturated heterocycles. The molecule has 1 N–H and O–H groups in total. The van der Waals surface area contributed by atoms with Gasteiger partial charge in [0.2, 0.25) is 0 Å². The monoisotopic (exact) mass is 328 g/mol. The number of carbonyl (C=O) groups is 3. The van der Waals surface area contributed by atoms with Gasteiger partial charge in [-0.15, -0.1) is 0 Å². The van der Waals surface area contributed by atoms with Crippen LogP contribution in [0.5, 0.6) is 0 Å². The first-order chi connectivity index (χ1) is 11.6. The van der Waals surface area contributed by atoms with Gasteiger partial charge in [-0.05, 0) is 37.3 Å². The minimum Gasteiger partial charge on any atom is -0.449 e. The molecule has 0 bridgehead atoms. The number of carbonyl (C=O) groups excluding carboxylic acids is 3. The first-order valence-electron chi connectivity index (χ1n) is 7.46. The fourth-order valence-electron chi connectivity index (χ4n) is 2.35. The lowest BCUT2D eigenvalue weighted by molar-refractivity contribution is -0.136. The maximum Gasteiger partial charge on any atom is 0.338 e. The second-order valence-corrected chi connectivity index (χ2v) is 5.27. The van der Waals surface area contributed by atoms with Gasteiger partial charge in [0.25, 0.3) is 5.91 Å². The highest BCUT2D eigenvalue weighted by Crippen LogP contribution is 2.12. The number of aromatic nitrogens is 2. The SMILES string of the molecule is CC(OC(=O)c1ccc(-n2cccn2)cc1)C(=O)N1CCNC1=O. The van der Waals surface area contributed by atoms with Crippen LogP contribution < -0.4 is 5.32 Å². The van der Waals surface area contributed by atoms with Gasteiger partial charge in [-0.25, -0.2) is 14.3 Å². The zero-order valence-electron chi connectivity index (χ0n) is 13.0. The van der Waals surface area contributed by atoms with Gasteiger partial charge in [0.1, 0.15) is 0 Å². The zero-order valence-corrected chi connectivity index (χ0v) is 13.0. The van der Waals surface area contributed by atoms with Gasteiger partial charge in [0.05, 0.1) is 11.3 Å². The lowest BCUT2D eigenvalue weighted by atomic mass is 10.2. The van der Waals surface area contributed by atoms with Gasteiger partial charge in [0, 0.05) is 25.5 Å². The van der Waals surface area contributed by atoms with Gasteiger partial charge in [-0.2, -0.15) is 5.10 Å². The van der Waals surface area contributed by atoms with Crippen molar-refractivity contribution in [3.8, 4) is 5.69 Å². The standard InChI is InChI=1S/C16H16N4O4/c1-11(14(21)19-10-8-17-16(19)23)24-15(22)12-3-5-13(6-4-12)20-9-2-7-18-20/h2-7,9,11H,8,10H2,1H3,(H,17,23). The highest BCUT2D eigenvalue weighted by atomic mass is 16.5. The molecule has 3 amide bonds. The molecule has 8 heteroatoms. The third-order valence-electron chi connectivity index (χ3n) is 3.63. The summed E-state index contributed by atoms with van der Waals surface area (Å²) in [7, 11) is 0. The average Bonchev–Trinajstić information content (AvgIpc) is 3.25. The first-order valence-corrected chi connectivity index (χ1v) is 7.46. The van der Waals surface area contributed by atoms with Crippen LogP contribution in [-0.4, -0.2) is 51.8 Å². The minimum absolute atomic E-state index is 0.276. The van der Waals surface area contributed by atoms with Crippen molar-refractivity contribution < 1.29 is 19.1 Å². The summed E-state index contributed by atoms with van der Waals surface area (Å²) < 4.78 is 6.82. The van der Waals surface area contributed by atoms with Gasteiger partial charge < -0.3 is 10.1 Å². The van der Waals surface area contributed by atoms with Crippen molar-refractivity contribution in [1.29, 1.82) is 0 Å². The van der Waals surface area contributed by atoms with Crippen molar-refractivity contribution in [2.45, 2.75) is 13.0 Å². The van der Waals surface area contributed by atoms with Crippen molar-refractivity contribution in [2.75, 3.05) is 13.1 Å². The van der Waals surface area contributed by atoms with Crippen molar-refractivity contribution in [3.05, 3.63) is 48.3 Å². The molecule has 0 radical (unpaired) electrons. The highest BCUT2D eigenvalue weighted by molar-refractivity contribution is 5.99. The Morgan fingerprint density at radius 1 is 1.29 bits per heavy atom. The van der Waals surface area contributed by atoms with E-state index in [0.717, 1.165) is 10.6 Å². The fourth-order valence-corrected chi connectivity index (χ4v) is 2.35. The number of hydrogen-bond acceptors (Lipinski definition) is 5. The summed E-state index contributed by atoms with van der Waals surface area (Å²) in [5, 5.41) is 6.62. The zero-order chi connectivity index (χ0) is 17.1. The Morgan fingerprint density at radius 2 is 2.04 bits per heavy atom. The van der Waals surface area contributed by atoms with E-state index in [2.05, 4.69) is 10.4 Å². The predicted molar refractivity (Wildman–Crippen MR) is 83.6 cm³/mol. The van der Waals surface area contributed by atoms with Gasteiger partial charge in [-0.1, -0.05) is 0 Å². The van der Waals surface area contributed by atoms with Crippen LogP contribution in [0.3, 0.4) is 0 Å². The molecule has 3 rings (SSSR count). The number of esters is 1. The summed E-state index contributed by atoms with van der Waals surface area (Å²) in [6.07, 6.45) is 2.41. The van der Waals surface area contributed by atoms with E-state index in [-0.39, 0.29) is 6.54 Å². The Labute approximate surface area is 138 Å². The predicted octanol–water partition coefficient (Wildman–Crippen LogP) is 0.969. The number of hydrogen-bond donors (Lipinski definition) is 1. The average molecular weight is 328 g/mol. The van der Waals surface area contributed by atoms with Crippen LogP contribution in [0.4, 0.5) is 4.79 Å². The maximum absolute atomic E-state index is 12.1. The summed E-state index contributed by atoms with van der Waals surface area (Å²) in [4.78, 5) is 36.8. The van der Waals surface area contributed by atoms with Gasteiger partial charge >= 0.3 is 12.0 Å². The molecule has 24 heavy (non-hydrogen) atoms. The number of benzene rings is 1. The lowest BCUT2D eigenvalue weighted by Crippen LogP contribution is -2.41. The number of urea groups is 1. The number of rotatable bonds is 4. The number of nitrogens with zero attached hydrogens (tertiary/aromatic N) is 3. The third kappa shape index (κ3) is 3.12. The van der Waals surface area contributed by atoms with E-state index in [9.17, 15) is 14.4 Å². The normalized spacial score (nSPS) is 15.0. The Morgan fingerprint density at radius 3 is 2.62 bits per heavy atom. The number of nitrogens with one attached hydrogen (secondary N) is 1. The molecule has 0 spiro atoms. The molecule has 1 aromatic carbocycles. The number of amides is 3. The molecule has 0 aliphatic carbocycles. The lowest BCUT2D eigenvalue weighted by Gasteiger charge is -2.18. The van der Waals surface area contributed by atoms with Crippen LogP contribution in [0.1, 0.15) is 17.3 Å². The minimum atomic E-state index is -1.04. The molecular formula is C16H16N4O4. The van der Waals surface area contributed by atoms with Crippen molar-refractivity contribution in [2.24, 2.45) is 0 Å². The molecule has 1 aliphatic rings. The summed E-state index contributed by atoms with van der Waals surface area (Å²) >= 11 is 0. The number of imide groups is 1. The molecule has 1 aliphatic heterocycles. The van der Waals surface area contributed by atoms with Crippen LogP contribution in [-0.2, 0) is 9.53 Å². The summed E-state index contributed by atoms with van der Waals surface area (Å²) in [5.74, 6) is -1.16. The fraction of sp³-hybridized carbons (Fsp3) is 0.250. The Kier molecular flexibility index (Phi) is 4.28. The van der Waals surface area contributed by atoms with E-state index in [1.165, 1.54) is 6.92 Å². The van der Waals surface area contributed by atoms with E-state index >= 15 is 0 Å². The summed E-state index contributed by atoms with van der Waals surface area (Å²) in [6, 6.07) is 7.97. The molecule has 124 valence electrons. The van der Waals surface area contributed by atoms with Crippen LogP contribution in [0.25, 0.3) is 5.69 Å². The highest BCUT2D eigenvalue weighted by Gasteiger charge is 2.31. The summed E-state index contributed by atoms with van der Waals surface area (Å²) in [5.41, 5.74) is 1.12. The van der Waals surface area contributed by atoms with Crippen LogP contribution in [0.15, 0.2) is 42.7 Å². The molecule has 1 atom stereocenters. The Bertz CT molecular complexity index is 755. The second kappa shape index (κ2) is 6.53. The Balaban J connectivity index is 1.64. The van der Waals surface area contributed by atoms with Crippen molar-refractivity contribution >= 4 is 17.9 Å². The van der Waals surface area contributed by atoms with Crippen LogP contribution in [0.2, 0.25) is 0 Å². The second-order valence-electron chi connectivity index (χ2n) is 5.27. The molecule has 1 fully saturated rings. The van der Waals surface area contributed by atoms with Crippen molar-refractivity contribution in [3.63, 3.8) is 0 Å². The van der Waals surface area contributed by atoms with Crippen LogP contribution >= 0.6 is 0 Å².